The quantitative estimate of drug-likeness (QED) is 0.413. The maximum absolute atomic E-state index is 13.7. The van der Waals surface area contributed by atoms with Gasteiger partial charge in [0.2, 0.25) is 0 Å². The molecule has 0 aromatic heterocycles. The van der Waals surface area contributed by atoms with Crippen LogP contribution in [0, 0.1) is 5.92 Å². The Balaban J connectivity index is 3.09. The van der Waals surface area contributed by atoms with Crippen LogP contribution in [0.3, 0.4) is 0 Å². The Morgan fingerprint density at radius 3 is 2.21 bits per heavy atom. The average Bonchev–Trinajstić information content (AvgIpc) is 2.63. The SMILES string of the molecule is CC(C)CCOC(=O)OC(c1ccc(S(C)(=O)=O)cc1)C(CF)NC(=O)C(Cl)Cl. The van der Waals surface area contributed by atoms with Crippen molar-refractivity contribution in [1.29, 1.82) is 0 Å². The van der Waals surface area contributed by atoms with E-state index >= 15 is 0 Å². The molecule has 1 amide bonds. The van der Waals surface area contributed by atoms with E-state index in [0.717, 1.165) is 6.26 Å². The normalized spacial score (nSPS) is 13.8. The van der Waals surface area contributed by atoms with Crippen LogP contribution in [0.15, 0.2) is 29.2 Å². The summed E-state index contributed by atoms with van der Waals surface area (Å²) in [5.74, 6) is -0.574. The van der Waals surface area contributed by atoms with Gasteiger partial charge in [0.05, 0.1) is 17.5 Å². The molecule has 0 saturated heterocycles. The van der Waals surface area contributed by atoms with Crippen molar-refractivity contribution in [3.05, 3.63) is 29.8 Å². The fourth-order valence-corrected chi connectivity index (χ4v) is 3.00. The minimum absolute atomic E-state index is 0.0296. The first-order valence-corrected chi connectivity index (χ1v) is 11.5. The van der Waals surface area contributed by atoms with Gasteiger partial charge >= 0.3 is 6.16 Å². The molecule has 0 radical (unpaired) electrons. The lowest BCUT2D eigenvalue weighted by Crippen LogP contribution is -2.44. The molecule has 29 heavy (non-hydrogen) atoms. The number of sulfone groups is 1. The Kier molecular flexibility index (Phi) is 10.2. The molecule has 7 nitrogen and oxygen atoms in total. The van der Waals surface area contributed by atoms with Crippen LogP contribution in [0.5, 0.6) is 0 Å². The third kappa shape index (κ3) is 8.76. The standard InChI is InChI=1S/C18H24Cl2FNO6S/c1-11(2)8-9-27-18(24)28-15(14(10-21)22-17(23)16(19)20)12-4-6-13(7-5-12)29(3,25)26/h4-7,11,14-16H,8-10H2,1-3H3,(H,22,23). The lowest BCUT2D eigenvalue weighted by molar-refractivity contribution is -0.121. The zero-order chi connectivity index (χ0) is 22.2. The van der Waals surface area contributed by atoms with Gasteiger partial charge in [-0.25, -0.2) is 17.6 Å². The first-order chi connectivity index (χ1) is 13.5. The van der Waals surface area contributed by atoms with Crippen molar-refractivity contribution in [3.8, 4) is 0 Å². The molecule has 0 aliphatic rings. The van der Waals surface area contributed by atoms with Crippen molar-refractivity contribution in [3.63, 3.8) is 0 Å². The molecule has 11 heteroatoms. The maximum atomic E-state index is 13.7. The van der Waals surface area contributed by atoms with Crippen molar-refractivity contribution >= 4 is 45.1 Å². The average molecular weight is 472 g/mol. The van der Waals surface area contributed by atoms with E-state index < -0.39 is 45.6 Å². The van der Waals surface area contributed by atoms with E-state index in [0.29, 0.717) is 12.3 Å². The predicted molar refractivity (Wildman–Crippen MR) is 108 cm³/mol. The number of nitrogens with one attached hydrogen (secondary N) is 1. The number of alkyl halides is 3. The van der Waals surface area contributed by atoms with Gasteiger partial charge in [-0.15, -0.1) is 0 Å². The van der Waals surface area contributed by atoms with Gasteiger partial charge in [-0.3, -0.25) is 4.79 Å². The Labute approximate surface area is 179 Å². The van der Waals surface area contributed by atoms with Crippen LogP contribution in [-0.2, 0) is 24.1 Å². The third-order valence-electron chi connectivity index (χ3n) is 3.83. The molecule has 0 bridgehead atoms. The lowest BCUT2D eigenvalue weighted by Gasteiger charge is -2.26. The van der Waals surface area contributed by atoms with E-state index in [2.05, 4.69) is 5.32 Å². The second-order valence-corrected chi connectivity index (χ2v) is 9.84. The van der Waals surface area contributed by atoms with E-state index in [1.54, 1.807) is 0 Å². The number of benzene rings is 1. The van der Waals surface area contributed by atoms with Gasteiger partial charge in [-0.2, -0.15) is 0 Å². The van der Waals surface area contributed by atoms with Crippen LogP contribution in [0.2, 0.25) is 0 Å². The summed E-state index contributed by atoms with van der Waals surface area (Å²) in [5, 5.41) is 2.26. The Morgan fingerprint density at radius 2 is 1.76 bits per heavy atom. The molecule has 2 atom stereocenters. The summed E-state index contributed by atoms with van der Waals surface area (Å²) in [5.41, 5.74) is 0.252. The molecule has 0 fully saturated rings. The molecule has 0 aliphatic carbocycles. The van der Waals surface area contributed by atoms with Gasteiger partial charge in [-0.05, 0) is 30.0 Å². The van der Waals surface area contributed by atoms with Gasteiger partial charge in [-0.1, -0.05) is 49.2 Å². The Morgan fingerprint density at radius 1 is 1.17 bits per heavy atom. The van der Waals surface area contributed by atoms with Crippen molar-refractivity contribution in [2.75, 3.05) is 19.5 Å². The molecule has 0 aliphatic heterocycles. The summed E-state index contributed by atoms with van der Waals surface area (Å²) in [6, 6.07) is 3.97. The molecule has 1 aromatic rings. The summed E-state index contributed by atoms with van der Waals surface area (Å²) >= 11 is 11.0. The molecule has 1 rings (SSSR count). The van der Waals surface area contributed by atoms with Gasteiger partial charge in [0, 0.05) is 6.26 Å². The maximum Gasteiger partial charge on any atom is 0.508 e. The fourth-order valence-electron chi connectivity index (χ4n) is 2.24. The molecule has 1 N–H and O–H groups in total. The monoisotopic (exact) mass is 471 g/mol. The number of hydrogen-bond donors (Lipinski definition) is 1. The second kappa shape index (κ2) is 11.6. The van der Waals surface area contributed by atoms with Crippen LogP contribution in [-0.4, -0.2) is 50.9 Å². The van der Waals surface area contributed by atoms with Crippen molar-refractivity contribution in [1.82, 2.24) is 5.32 Å². The number of rotatable bonds is 10. The van der Waals surface area contributed by atoms with Gasteiger partial charge in [0.1, 0.15) is 6.67 Å². The number of ether oxygens (including phenoxy) is 2. The van der Waals surface area contributed by atoms with E-state index in [-0.39, 0.29) is 17.1 Å². The van der Waals surface area contributed by atoms with Gasteiger partial charge in [0.25, 0.3) is 5.91 Å². The largest absolute Gasteiger partial charge is 0.508 e. The lowest BCUT2D eigenvalue weighted by atomic mass is 10.0. The van der Waals surface area contributed by atoms with Crippen LogP contribution in [0.25, 0.3) is 0 Å². The Bertz CT molecular complexity index is 786. The highest BCUT2D eigenvalue weighted by Crippen LogP contribution is 2.25. The zero-order valence-electron chi connectivity index (χ0n) is 16.2. The smallest absolute Gasteiger partial charge is 0.434 e. The van der Waals surface area contributed by atoms with E-state index in [1.165, 1.54) is 24.3 Å². The number of amides is 1. The van der Waals surface area contributed by atoms with Crippen molar-refractivity contribution < 1.29 is 31.9 Å². The summed E-state index contributed by atoms with van der Waals surface area (Å²) < 4.78 is 47.1. The minimum Gasteiger partial charge on any atom is -0.434 e. The van der Waals surface area contributed by atoms with Gasteiger partial charge in [0.15, 0.2) is 20.8 Å². The molecule has 0 heterocycles. The van der Waals surface area contributed by atoms with Gasteiger partial charge < -0.3 is 14.8 Å². The second-order valence-electron chi connectivity index (χ2n) is 6.73. The molecule has 1 aromatic carbocycles. The molecule has 0 saturated carbocycles. The van der Waals surface area contributed by atoms with Crippen LogP contribution >= 0.6 is 23.2 Å². The highest BCUT2D eigenvalue weighted by atomic mass is 35.5. The molecule has 2 unspecified atom stereocenters. The fraction of sp³-hybridized carbons (Fsp3) is 0.556. The van der Waals surface area contributed by atoms with Crippen molar-refractivity contribution in [2.24, 2.45) is 5.92 Å². The van der Waals surface area contributed by atoms with E-state index in [4.69, 9.17) is 32.7 Å². The topological polar surface area (TPSA) is 98.8 Å². The first-order valence-electron chi connectivity index (χ1n) is 8.73. The minimum atomic E-state index is -3.46. The first kappa shape index (κ1) is 25.5. The summed E-state index contributed by atoms with van der Waals surface area (Å²) in [6.45, 7) is 2.90. The predicted octanol–water partition coefficient (Wildman–Crippen LogP) is 3.59. The molecular formula is C18H24Cl2FNO6S. The molecule has 0 spiro atoms. The number of carbonyl (C=O) groups is 2. The Hall–Kier alpha value is -1.58. The van der Waals surface area contributed by atoms with Crippen molar-refractivity contribution in [2.45, 2.75) is 42.1 Å². The summed E-state index contributed by atoms with van der Waals surface area (Å²) in [6.07, 6.45) is -0.708. The number of hydrogen-bond acceptors (Lipinski definition) is 6. The van der Waals surface area contributed by atoms with Crippen LogP contribution < -0.4 is 5.32 Å². The molecule has 164 valence electrons. The summed E-state index contributed by atoms with van der Waals surface area (Å²) in [7, 11) is -3.46. The summed E-state index contributed by atoms with van der Waals surface area (Å²) in [4.78, 5) is 22.4. The van der Waals surface area contributed by atoms with Crippen LogP contribution in [0.1, 0.15) is 31.9 Å². The number of carbonyl (C=O) groups excluding carboxylic acids is 2. The van der Waals surface area contributed by atoms with E-state index in [1.807, 2.05) is 13.8 Å². The van der Waals surface area contributed by atoms with Crippen LogP contribution in [0.4, 0.5) is 9.18 Å². The van der Waals surface area contributed by atoms with E-state index in [9.17, 15) is 22.4 Å². The molecular weight excluding hydrogens is 448 g/mol. The highest BCUT2D eigenvalue weighted by Gasteiger charge is 2.31. The highest BCUT2D eigenvalue weighted by molar-refractivity contribution is 7.90. The third-order valence-corrected chi connectivity index (χ3v) is 5.36. The number of halogens is 3. The zero-order valence-corrected chi connectivity index (χ0v) is 18.6.